The van der Waals surface area contributed by atoms with Crippen LogP contribution in [0.4, 0.5) is 0 Å². The molecule has 0 atom stereocenters. The predicted molar refractivity (Wildman–Crippen MR) is 490 cm³/mol. The standard InChI is InChI=1S/C17H18N2.C17H23N.C16H23N.C14H16N2.C14H19N.C13H14N2.C13H17N/c1-17(2,3)15-10-16-12(6-8-19-16)9-14(15)13-5-4-7-18-11-13;1-17(2,3)13-8-9-14-15(11-18-16(14)10-13)12-6-4-5-7-12;1-15(2,3)11-7-8-12-13(16(4,5)6)10-17-14(12)9-11;1-14(2,3)11-4-5-12-10(6-7-15)9-16-13(12)8-11;1-5-10-9-15-13-8-11(14(2,3)4)6-7-12(10)13;1-13(2,3)10-4-5-11-9(7-14)8-15-12(11)6-10;1-9-8-14-12-7-10(13(2,3)4)5-6-11(9)12/h4-11,19H,1-3H3;8-12,18H,4-7H2,1-3H3;7-10,17H,1-6H3;4-5,8-9,16H,6H2,1-3H3;6-9,15H,5H2,1-4H3;4-6,8,15H,1-3H3;5-8,14H,1-4H3. The second kappa shape index (κ2) is 34.3. The highest BCUT2D eigenvalue weighted by Crippen LogP contribution is 2.41. The van der Waals surface area contributed by atoms with Gasteiger partial charge in [-0.15, -0.1) is 0 Å². The van der Waals surface area contributed by atoms with E-state index in [1.54, 1.807) is 11.8 Å². The third-order valence-corrected chi connectivity index (χ3v) is 22.5. The van der Waals surface area contributed by atoms with Crippen molar-refractivity contribution < 1.29 is 0 Å². The monoisotopic (exact) mass is 1520 g/mol. The van der Waals surface area contributed by atoms with Gasteiger partial charge >= 0.3 is 0 Å². The van der Waals surface area contributed by atoms with Crippen LogP contribution in [0.1, 0.15) is 277 Å². The number of benzene rings is 7. The number of hydrogen-bond donors (Lipinski definition) is 7. The van der Waals surface area contributed by atoms with Gasteiger partial charge in [0.2, 0.25) is 0 Å². The first-order valence-electron chi connectivity index (χ1n) is 41.3. The largest absolute Gasteiger partial charge is 0.361 e. The molecular formula is C104H130N10. The Morgan fingerprint density at radius 3 is 1.25 bits per heavy atom. The van der Waals surface area contributed by atoms with E-state index in [4.69, 9.17) is 10.5 Å². The van der Waals surface area contributed by atoms with Gasteiger partial charge in [0, 0.05) is 132 Å². The maximum atomic E-state index is 8.88. The summed E-state index contributed by atoms with van der Waals surface area (Å²) < 4.78 is 0. The maximum absolute atomic E-state index is 8.88. The highest BCUT2D eigenvalue weighted by Gasteiger charge is 2.26. The molecule has 8 heterocycles. The fraction of sp³-hybridized carbons (Fsp3) is 0.394. The van der Waals surface area contributed by atoms with Crippen LogP contribution in [-0.2, 0) is 56.2 Å². The molecule has 114 heavy (non-hydrogen) atoms. The summed E-state index contributed by atoms with van der Waals surface area (Å²) in [6.45, 7) is 58.0. The summed E-state index contributed by atoms with van der Waals surface area (Å²) in [5.74, 6) is 0.791. The van der Waals surface area contributed by atoms with Crippen LogP contribution >= 0.6 is 0 Å². The molecule has 10 nitrogen and oxygen atoms in total. The van der Waals surface area contributed by atoms with Gasteiger partial charge in [0.1, 0.15) is 6.07 Å². The molecule has 16 rings (SSSR count). The number of hydrogen-bond acceptors (Lipinski definition) is 3. The number of aromatic amines is 7. The van der Waals surface area contributed by atoms with E-state index in [0.29, 0.717) is 12.0 Å². The molecule has 0 unspecified atom stereocenters. The van der Waals surface area contributed by atoms with E-state index in [-0.39, 0.29) is 43.3 Å². The molecule has 15 aromatic rings. The predicted octanol–water partition coefficient (Wildman–Crippen LogP) is 29.1. The van der Waals surface area contributed by atoms with E-state index in [0.717, 1.165) is 39.7 Å². The van der Waals surface area contributed by atoms with Crippen LogP contribution < -0.4 is 0 Å². The van der Waals surface area contributed by atoms with Crippen LogP contribution in [0.3, 0.4) is 0 Å². The second-order valence-corrected chi connectivity index (χ2v) is 39.8. The van der Waals surface area contributed by atoms with Gasteiger partial charge in [0.25, 0.3) is 0 Å². The Bertz CT molecular complexity index is 5820. The third-order valence-electron chi connectivity index (χ3n) is 22.5. The van der Waals surface area contributed by atoms with Gasteiger partial charge in [-0.3, -0.25) is 4.98 Å². The van der Waals surface area contributed by atoms with E-state index >= 15 is 0 Å². The zero-order valence-electron chi connectivity index (χ0n) is 73.6. The number of rotatable bonds is 4. The second-order valence-electron chi connectivity index (χ2n) is 39.8. The van der Waals surface area contributed by atoms with Crippen LogP contribution in [-0.4, -0.2) is 39.9 Å². The van der Waals surface area contributed by atoms with Crippen molar-refractivity contribution in [3.05, 3.63) is 268 Å². The van der Waals surface area contributed by atoms with Gasteiger partial charge in [-0.1, -0.05) is 265 Å². The Labute approximate surface area is 681 Å². The van der Waals surface area contributed by atoms with Gasteiger partial charge in [-0.2, -0.15) is 10.5 Å². The SMILES string of the molecule is CC(C)(C)c1cc2[nH]ccc2cc1-c1cccnc1.CC(C)(C)c1ccc2c(C#N)c[nH]c2c1.CC(C)(C)c1ccc2c(C(C)(C)C)c[nH]c2c1.CC(C)(C)c1ccc2c(C3CCCC3)c[nH]c2c1.CC(C)(C)c1ccc2c(CC#N)c[nH]c2c1.CCc1c[nH]c2cc(C(C)(C)C)ccc12.Cc1c[nH]c2cc(C(C)(C)C)ccc12. The number of nitriles is 2. The molecule has 0 saturated heterocycles. The lowest BCUT2D eigenvalue weighted by Gasteiger charge is -2.23. The molecule has 0 spiro atoms. The maximum Gasteiger partial charge on any atom is 0.101 e. The molecule has 1 saturated carbocycles. The fourth-order valence-corrected chi connectivity index (χ4v) is 15.1. The number of fused-ring (bicyclic) bond motifs is 7. The number of nitrogens with zero attached hydrogens (tertiary/aromatic N) is 3. The highest BCUT2D eigenvalue weighted by molar-refractivity contribution is 5.90. The van der Waals surface area contributed by atoms with Crippen molar-refractivity contribution in [3.8, 4) is 23.3 Å². The minimum Gasteiger partial charge on any atom is -0.361 e. The zero-order valence-corrected chi connectivity index (χ0v) is 73.6. The molecule has 0 radical (unpaired) electrons. The molecule has 7 aromatic carbocycles. The summed E-state index contributed by atoms with van der Waals surface area (Å²) in [5.41, 5.74) is 29.3. The number of H-pyrrole nitrogens is 7. The number of nitrogens with one attached hydrogen (secondary N) is 7. The zero-order chi connectivity index (χ0) is 83.3. The van der Waals surface area contributed by atoms with Crippen molar-refractivity contribution >= 4 is 76.3 Å². The summed E-state index contributed by atoms with van der Waals surface area (Å²) in [4.78, 5) is 27.4. The molecule has 1 fully saturated rings. The van der Waals surface area contributed by atoms with Gasteiger partial charge in [0.15, 0.2) is 0 Å². The van der Waals surface area contributed by atoms with E-state index in [9.17, 15) is 0 Å². The average Bonchev–Trinajstić information content (AvgIpc) is 1.56. The molecule has 1 aliphatic carbocycles. The number of aryl methyl sites for hydroxylation is 2. The van der Waals surface area contributed by atoms with Crippen LogP contribution in [0.5, 0.6) is 0 Å². The molecule has 0 amide bonds. The smallest absolute Gasteiger partial charge is 0.101 e. The van der Waals surface area contributed by atoms with Crippen molar-refractivity contribution in [1.82, 2.24) is 39.9 Å². The topological polar surface area (TPSA) is 171 Å². The average molecular weight is 1520 g/mol. The summed E-state index contributed by atoms with van der Waals surface area (Å²) in [7, 11) is 0. The Hall–Kier alpha value is -10.6. The van der Waals surface area contributed by atoms with Crippen LogP contribution in [0.2, 0.25) is 0 Å². The molecule has 1 aliphatic rings. The van der Waals surface area contributed by atoms with Crippen LogP contribution in [0.25, 0.3) is 87.4 Å². The van der Waals surface area contributed by atoms with Gasteiger partial charge < -0.3 is 34.9 Å². The van der Waals surface area contributed by atoms with E-state index in [1.165, 1.54) is 147 Å². The molecule has 0 bridgehead atoms. The van der Waals surface area contributed by atoms with E-state index in [1.807, 2.05) is 36.9 Å². The lowest BCUT2D eigenvalue weighted by atomic mass is 9.81. The quantitative estimate of drug-likeness (QED) is 0.0932. The number of aromatic nitrogens is 8. The van der Waals surface area contributed by atoms with Crippen molar-refractivity contribution in [3.63, 3.8) is 0 Å². The lowest BCUT2D eigenvalue weighted by molar-refractivity contribution is 0.590. The van der Waals surface area contributed by atoms with Gasteiger partial charge in [-0.25, -0.2) is 0 Å². The number of pyridine rings is 1. The van der Waals surface area contributed by atoms with Gasteiger partial charge in [-0.05, 0) is 214 Å². The molecule has 596 valence electrons. The Balaban J connectivity index is 0.000000141. The van der Waals surface area contributed by atoms with Crippen molar-refractivity contribution in [1.29, 1.82) is 10.5 Å². The first kappa shape index (κ1) is 85.9. The lowest BCUT2D eigenvalue weighted by Crippen LogP contribution is -2.12. The summed E-state index contributed by atoms with van der Waals surface area (Å²) >= 11 is 0. The minimum atomic E-state index is 0.102. The van der Waals surface area contributed by atoms with E-state index in [2.05, 4.69) is 384 Å². The van der Waals surface area contributed by atoms with Crippen LogP contribution in [0.15, 0.2) is 195 Å². The molecule has 7 N–H and O–H groups in total. The van der Waals surface area contributed by atoms with E-state index < -0.39 is 0 Å². The van der Waals surface area contributed by atoms with Gasteiger partial charge in [0.05, 0.1) is 18.1 Å². The third kappa shape index (κ3) is 20.9. The Kier molecular flexibility index (Phi) is 25.8. The molecular weight excluding hydrogens is 1390 g/mol. The first-order valence-corrected chi connectivity index (χ1v) is 41.3. The summed E-state index contributed by atoms with van der Waals surface area (Å²) in [6, 6.07) is 55.0. The van der Waals surface area contributed by atoms with Crippen molar-refractivity contribution in [2.75, 3.05) is 0 Å². The van der Waals surface area contributed by atoms with Crippen molar-refractivity contribution in [2.24, 2.45) is 0 Å². The Morgan fingerprint density at radius 1 is 0.377 bits per heavy atom. The normalized spacial score (nSPS) is 13.1. The minimum absolute atomic E-state index is 0.102. The first-order chi connectivity index (χ1) is 53.3. The Morgan fingerprint density at radius 2 is 0.781 bits per heavy atom. The molecule has 8 aromatic heterocycles. The van der Waals surface area contributed by atoms with Crippen LogP contribution in [0, 0.1) is 29.6 Å². The summed E-state index contributed by atoms with van der Waals surface area (Å²) in [5, 5.41) is 26.5. The molecule has 0 aliphatic heterocycles. The molecule has 10 heteroatoms. The van der Waals surface area contributed by atoms with Crippen molar-refractivity contribution in [2.45, 2.75) is 268 Å². The highest BCUT2D eigenvalue weighted by atomic mass is 14.7. The fourth-order valence-electron chi connectivity index (χ4n) is 15.1. The summed E-state index contributed by atoms with van der Waals surface area (Å²) in [6.07, 6.45) is 25.1.